The third-order valence-corrected chi connectivity index (χ3v) is 1.32. The Bertz CT molecular complexity index is 589. The molecule has 20 heteroatoms. The first-order valence-corrected chi connectivity index (χ1v) is 6.70. The van der Waals surface area contributed by atoms with Crippen LogP contribution in [0.15, 0.2) is 49.6 Å². The molecule has 4 heterocycles. The number of nitrogens with one attached hydrogen (secondary N) is 6. The van der Waals surface area contributed by atoms with Crippen molar-refractivity contribution in [3.8, 4) is 25.7 Å². The molecule has 4 aromatic heterocycles. The third-order valence-electron chi connectivity index (χ3n) is 1.32. The summed E-state index contributed by atoms with van der Waals surface area (Å²) >= 11 is 0. The Morgan fingerprint density at radius 3 is 0.594 bits per heavy atom. The quantitative estimate of drug-likeness (QED) is 0.0621. The Balaban J connectivity index is -0.0000000614. The largest absolute Gasteiger partial charge is 0.198 e. The van der Waals surface area contributed by atoms with Gasteiger partial charge in [0, 0.05) is 34.1 Å². The van der Waals surface area contributed by atoms with Gasteiger partial charge in [0.25, 0.3) is 0 Å². The van der Waals surface area contributed by atoms with Crippen LogP contribution < -0.4 is 0 Å². The standard InChI is InChI=1S/4C2H3N3.2C2H2.2Cu.2HN3/c4*1-2-4-5-3-1;2*1-2;;;2*1-3-2/h4*1-2H,(H,3,4,5);2*1-2H;;;2*1H. The van der Waals surface area contributed by atoms with Crippen molar-refractivity contribution < 1.29 is 34.1 Å². The van der Waals surface area contributed by atoms with Crippen molar-refractivity contribution in [1.82, 2.24) is 61.6 Å². The molecule has 0 atom stereocenters. The van der Waals surface area contributed by atoms with Crippen LogP contribution in [-0.2, 0) is 34.1 Å². The number of aromatic amines is 4. The Labute approximate surface area is 202 Å². The van der Waals surface area contributed by atoms with E-state index in [-0.39, 0.29) is 34.1 Å². The Hall–Kier alpha value is -4.66. The summed E-state index contributed by atoms with van der Waals surface area (Å²) in [6.45, 7) is 0. The van der Waals surface area contributed by atoms with Crippen LogP contribution in [0.4, 0.5) is 0 Å². The molecule has 0 aliphatic heterocycles. The van der Waals surface area contributed by atoms with Gasteiger partial charge in [-0.1, -0.05) is 0 Å². The summed E-state index contributed by atoms with van der Waals surface area (Å²) in [6, 6.07) is 0. The average Bonchev–Trinajstić information content (AvgIpc) is 3.66. The molecule has 32 heavy (non-hydrogen) atoms. The fourth-order valence-electron chi connectivity index (χ4n) is 0.667. The molecule has 0 spiro atoms. The molecule has 6 N–H and O–H groups in total. The molecule has 0 unspecified atom stereocenters. The molecule has 0 aliphatic carbocycles. The smallest absolute Gasteiger partial charge is 0.0690 e. The number of terminal acetylenes is 2. The second-order valence-electron chi connectivity index (χ2n) is 2.83. The summed E-state index contributed by atoms with van der Waals surface area (Å²) < 4.78 is 0. The predicted octanol–water partition coefficient (Wildman–Crippen LogP) is 1.46. The van der Waals surface area contributed by atoms with Gasteiger partial charge in [0.1, 0.15) is 0 Å². The summed E-state index contributed by atoms with van der Waals surface area (Å²) in [5.74, 6) is 0. The van der Waals surface area contributed by atoms with E-state index < -0.39 is 0 Å². The third kappa shape index (κ3) is 63.8. The summed E-state index contributed by atoms with van der Waals surface area (Å²) in [7, 11) is 0. The molecule has 0 saturated heterocycles. The first-order valence-electron chi connectivity index (χ1n) is 6.70. The van der Waals surface area contributed by atoms with Crippen molar-refractivity contribution in [1.29, 1.82) is 11.1 Å². The van der Waals surface area contributed by atoms with Crippen LogP contribution in [0.3, 0.4) is 0 Å². The topological polar surface area (TPSA) is 287 Å². The van der Waals surface area contributed by atoms with Gasteiger partial charge in [-0.15, -0.1) is 36.8 Å². The zero-order valence-electron chi connectivity index (χ0n) is 15.9. The summed E-state index contributed by atoms with van der Waals surface area (Å²) in [5, 5.41) is 37.3. The van der Waals surface area contributed by atoms with Gasteiger partial charge in [0.05, 0.1) is 49.6 Å². The minimum atomic E-state index is 0. The molecular weight excluding hydrogens is 523 g/mol. The van der Waals surface area contributed by atoms with Gasteiger partial charge in [-0.2, -0.15) is 61.6 Å². The Kier molecular flexibility index (Phi) is 73.2. The van der Waals surface area contributed by atoms with Crippen molar-refractivity contribution >= 4 is 0 Å². The molecule has 2 radical (unpaired) electrons. The van der Waals surface area contributed by atoms with Crippen LogP contribution >= 0.6 is 0 Å². The second kappa shape index (κ2) is 56.3. The van der Waals surface area contributed by atoms with Crippen LogP contribution in [0.2, 0.25) is 0 Å². The van der Waals surface area contributed by atoms with Gasteiger partial charge in [0.2, 0.25) is 0 Å². The van der Waals surface area contributed by atoms with E-state index in [1.54, 1.807) is 59.4 Å². The van der Waals surface area contributed by atoms with Crippen molar-refractivity contribution in [3.63, 3.8) is 0 Å². The van der Waals surface area contributed by atoms with Gasteiger partial charge in [-0.3, -0.25) is 0 Å². The molecule has 0 saturated carbocycles. The van der Waals surface area contributed by atoms with E-state index in [2.05, 4.69) is 87.3 Å². The fourth-order valence-corrected chi connectivity index (χ4v) is 0.667. The van der Waals surface area contributed by atoms with E-state index in [1.165, 1.54) is 0 Å². The maximum Gasteiger partial charge on any atom is 0.0690 e. The number of H-pyrrole nitrogens is 4. The Morgan fingerprint density at radius 2 is 0.562 bits per heavy atom. The molecular formula is C12H18Cu2N18. The van der Waals surface area contributed by atoms with Crippen LogP contribution in [0.5, 0.6) is 0 Å². The van der Waals surface area contributed by atoms with Crippen molar-refractivity contribution in [2.75, 3.05) is 0 Å². The summed E-state index contributed by atoms with van der Waals surface area (Å²) in [5.41, 5.74) is 24.5. The van der Waals surface area contributed by atoms with Gasteiger partial charge in [0.15, 0.2) is 0 Å². The maximum absolute atomic E-state index is 6.86. The minimum Gasteiger partial charge on any atom is -0.198 e. The van der Waals surface area contributed by atoms with Crippen LogP contribution in [0.1, 0.15) is 0 Å². The van der Waals surface area contributed by atoms with Crippen molar-refractivity contribution in [2.24, 2.45) is 0 Å². The molecule has 178 valence electrons. The van der Waals surface area contributed by atoms with Gasteiger partial charge in [-0.25, -0.2) is 0 Å². The molecule has 4 rings (SSSR count). The first-order chi connectivity index (χ1) is 14.8. The zero-order valence-corrected chi connectivity index (χ0v) is 17.8. The van der Waals surface area contributed by atoms with E-state index in [0.29, 0.717) is 0 Å². The van der Waals surface area contributed by atoms with Crippen molar-refractivity contribution in [3.05, 3.63) is 70.5 Å². The molecule has 0 bridgehead atoms. The van der Waals surface area contributed by atoms with E-state index >= 15 is 0 Å². The normalized spacial score (nSPS) is 5.62. The predicted molar refractivity (Wildman–Crippen MR) is 104 cm³/mol. The monoisotopic (exact) mass is 540 g/mol. The number of hydrogen-bond acceptors (Lipinski definition) is 10. The van der Waals surface area contributed by atoms with Crippen LogP contribution in [-0.4, -0.2) is 61.6 Å². The van der Waals surface area contributed by atoms with Crippen molar-refractivity contribution in [2.45, 2.75) is 0 Å². The minimum absolute atomic E-state index is 0. The van der Waals surface area contributed by atoms with Gasteiger partial charge < -0.3 is 0 Å². The molecule has 0 fully saturated rings. The SMILES string of the molecule is C#C.C#C.[Cu].[Cu].[N-]=[N+]=N.[N-]=[N+]=N.c1cn[nH]n1.c1cn[nH]n1.c1cn[nH]n1.c1cn[nH]n1. The summed E-state index contributed by atoms with van der Waals surface area (Å²) in [4.78, 5) is 3.50. The number of nitrogens with zero attached hydrogens (tertiary/aromatic N) is 12. The van der Waals surface area contributed by atoms with Crippen LogP contribution in [0, 0.1) is 36.8 Å². The Morgan fingerprint density at radius 1 is 0.469 bits per heavy atom. The maximum atomic E-state index is 6.86. The second-order valence-corrected chi connectivity index (χ2v) is 2.83. The summed E-state index contributed by atoms with van der Waals surface area (Å²) in [6.07, 6.45) is 28.7. The first kappa shape index (κ1) is 41.7. The number of hydrogen-bond donors (Lipinski definition) is 6. The average molecular weight is 541 g/mol. The van der Waals surface area contributed by atoms with Gasteiger partial charge in [-0.05, 0) is 20.9 Å². The zero-order chi connectivity index (χ0) is 23.6. The molecule has 4 aromatic rings. The van der Waals surface area contributed by atoms with Gasteiger partial charge >= 0.3 is 0 Å². The molecule has 0 aliphatic rings. The molecule has 18 nitrogen and oxygen atoms in total. The number of aromatic nitrogens is 12. The van der Waals surface area contributed by atoms with Crippen LogP contribution in [0.25, 0.3) is 20.9 Å². The molecule has 0 amide bonds. The van der Waals surface area contributed by atoms with E-state index in [9.17, 15) is 0 Å². The van der Waals surface area contributed by atoms with E-state index in [4.69, 9.17) is 22.1 Å². The fraction of sp³-hybridized carbons (Fsp3) is 0. The van der Waals surface area contributed by atoms with E-state index in [1.807, 2.05) is 0 Å². The molecule has 0 aromatic carbocycles. The number of rotatable bonds is 0. The van der Waals surface area contributed by atoms with E-state index in [0.717, 1.165) is 0 Å².